The van der Waals surface area contributed by atoms with Crippen molar-refractivity contribution in [1.29, 1.82) is 0 Å². The molecule has 130 valence electrons. The molecule has 0 bridgehead atoms. The number of aryl methyl sites for hydroxylation is 1. The van der Waals surface area contributed by atoms with Gasteiger partial charge in [-0.1, -0.05) is 18.2 Å². The van der Waals surface area contributed by atoms with Gasteiger partial charge in [-0.3, -0.25) is 0 Å². The maximum absolute atomic E-state index is 5.19. The third-order valence-corrected chi connectivity index (χ3v) is 5.01. The van der Waals surface area contributed by atoms with Crippen molar-refractivity contribution in [1.82, 2.24) is 9.66 Å². The smallest absolute Gasteiger partial charge is 0.211 e. The SMILES string of the molecule is COc1ccc(N=c2scc(C)n2N=Cc2c[nH]c3ccccc23)cc1. The van der Waals surface area contributed by atoms with Gasteiger partial charge in [0, 0.05) is 28.0 Å². The van der Waals surface area contributed by atoms with Gasteiger partial charge in [0.05, 0.1) is 24.7 Å². The van der Waals surface area contributed by atoms with Crippen LogP contribution in [0.25, 0.3) is 10.9 Å². The van der Waals surface area contributed by atoms with Crippen LogP contribution in [0.2, 0.25) is 0 Å². The first-order chi connectivity index (χ1) is 12.7. The van der Waals surface area contributed by atoms with E-state index < -0.39 is 0 Å². The zero-order valence-corrected chi connectivity index (χ0v) is 15.3. The molecule has 2 aromatic carbocycles. The maximum Gasteiger partial charge on any atom is 0.211 e. The van der Waals surface area contributed by atoms with Crippen molar-refractivity contribution in [2.75, 3.05) is 7.11 Å². The Labute approximate surface area is 154 Å². The Hall–Kier alpha value is -3.12. The normalized spacial score (nSPS) is 12.3. The molecular formula is C20H18N4OS. The lowest BCUT2D eigenvalue weighted by Crippen LogP contribution is -2.11. The summed E-state index contributed by atoms with van der Waals surface area (Å²) in [6, 6.07) is 15.9. The molecule has 0 aliphatic heterocycles. The largest absolute Gasteiger partial charge is 0.497 e. The van der Waals surface area contributed by atoms with Crippen LogP contribution in [-0.4, -0.2) is 23.0 Å². The number of aromatic amines is 1. The van der Waals surface area contributed by atoms with Crippen LogP contribution in [0.1, 0.15) is 11.3 Å². The van der Waals surface area contributed by atoms with E-state index in [-0.39, 0.29) is 0 Å². The van der Waals surface area contributed by atoms with Gasteiger partial charge in [-0.25, -0.2) is 9.67 Å². The van der Waals surface area contributed by atoms with Gasteiger partial charge in [0.15, 0.2) is 0 Å². The summed E-state index contributed by atoms with van der Waals surface area (Å²) < 4.78 is 7.05. The molecule has 0 amide bonds. The molecule has 0 fully saturated rings. The molecule has 0 atom stereocenters. The summed E-state index contributed by atoms with van der Waals surface area (Å²) >= 11 is 1.57. The number of H-pyrrole nitrogens is 1. The fraction of sp³-hybridized carbons (Fsp3) is 0.100. The number of nitrogens with zero attached hydrogens (tertiary/aromatic N) is 3. The predicted molar refractivity (Wildman–Crippen MR) is 107 cm³/mol. The highest BCUT2D eigenvalue weighted by Gasteiger charge is 2.03. The zero-order chi connectivity index (χ0) is 17.9. The molecule has 0 aliphatic rings. The summed E-state index contributed by atoms with van der Waals surface area (Å²) in [5.41, 5.74) is 4.06. The molecule has 2 heterocycles. The Morgan fingerprint density at radius 3 is 2.73 bits per heavy atom. The second kappa shape index (κ2) is 7.01. The van der Waals surface area contributed by atoms with Gasteiger partial charge in [-0.15, -0.1) is 11.3 Å². The second-order valence-electron chi connectivity index (χ2n) is 5.82. The van der Waals surface area contributed by atoms with E-state index in [0.29, 0.717) is 0 Å². The van der Waals surface area contributed by atoms with Crippen molar-refractivity contribution < 1.29 is 4.74 Å². The highest BCUT2D eigenvalue weighted by molar-refractivity contribution is 7.07. The average molecular weight is 362 g/mol. The van der Waals surface area contributed by atoms with Crippen LogP contribution in [0.5, 0.6) is 5.75 Å². The lowest BCUT2D eigenvalue weighted by Gasteiger charge is -2.00. The predicted octanol–water partition coefficient (Wildman–Crippen LogP) is 4.46. The van der Waals surface area contributed by atoms with Crippen LogP contribution in [0.15, 0.2) is 70.2 Å². The van der Waals surface area contributed by atoms with Crippen molar-refractivity contribution in [3.05, 3.63) is 76.2 Å². The first-order valence-electron chi connectivity index (χ1n) is 8.21. The van der Waals surface area contributed by atoms with E-state index in [1.54, 1.807) is 18.4 Å². The van der Waals surface area contributed by atoms with Crippen LogP contribution in [-0.2, 0) is 0 Å². The van der Waals surface area contributed by atoms with Crippen LogP contribution < -0.4 is 9.54 Å². The van der Waals surface area contributed by atoms with Gasteiger partial charge in [0.2, 0.25) is 4.80 Å². The second-order valence-corrected chi connectivity index (χ2v) is 6.65. The molecule has 0 saturated carbocycles. The maximum atomic E-state index is 5.19. The molecule has 0 spiro atoms. The fourth-order valence-corrected chi connectivity index (χ4v) is 3.52. The molecular weight excluding hydrogens is 344 g/mol. The van der Waals surface area contributed by atoms with Crippen molar-refractivity contribution in [3.63, 3.8) is 0 Å². The number of benzene rings is 2. The number of nitrogens with one attached hydrogen (secondary N) is 1. The minimum Gasteiger partial charge on any atom is -0.497 e. The van der Waals surface area contributed by atoms with Crippen LogP contribution in [0.4, 0.5) is 5.69 Å². The number of hydrogen-bond donors (Lipinski definition) is 1. The summed E-state index contributed by atoms with van der Waals surface area (Å²) in [7, 11) is 1.65. The molecule has 4 aromatic rings. The number of aromatic nitrogens is 2. The molecule has 5 nitrogen and oxygen atoms in total. The molecule has 0 radical (unpaired) electrons. The van der Waals surface area contributed by atoms with Crippen molar-refractivity contribution in [2.45, 2.75) is 6.92 Å². The topological polar surface area (TPSA) is 54.7 Å². The molecule has 0 unspecified atom stereocenters. The average Bonchev–Trinajstić information content (AvgIpc) is 3.24. The molecule has 1 N–H and O–H groups in total. The molecule has 26 heavy (non-hydrogen) atoms. The van der Waals surface area contributed by atoms with Crippen LogP contribution in [0, 0.1) is 6.92 Å². The quantitative estimate of drug-likeness (QED) is 0.535. The highest BCUT2D eigenvalue weighted by atomic mass is 32.1. The van der Waals surface area contributed by atoms with E-state index in [1.165, 1.54) is 0 Å². The van der Waals surface area contributed by atoms with Crippen molar-refractivity contribution in [3.8, 4) is 5.75 Å². The van der Waals surface area contributed by atoms with E-state index in [2.05, 4.69) is 27.6 Å². The summed E-state index contributed by atoms with van der Waals surface area (Å²) in [6.45, 7) is 2.02. The third kappa shape index (κ3) is 3.19. The van der Waals surface area contributed by atoms with Crippen molar-refractivity contribution in [2.24, 2.45) is 10.1 Å². The molecule has 0 aliphatic carbocycles. The van der Waals surface area contributed by atoms with E-state index >= 15 is 0 Å². The minimum absolute atomic E-state index is 0.816. The Kier molecular flexibility index (Phi) is 4.41. The molecule has 0 saturated heterocycles. The molecule has 2 aromatic heterocycles. The fourth-order valence-electron chi connectivity index (χ4n) is 2.69. The Balaban J connectivity index is 1.71. The van der Waals surface area contributed by atoms with E-state index in [1.807, 2.05) is 60.4 Å². The monoisotopic (exact) mass is 362 g/mol. The number of fused-ring (bicyclic) bond motifs is 1. The first-order valence-corrected chi connectivity index (χ1v) is 9.09. The van der Waals surface area contributed by atoms with Gasteiger partial charge in [-0.2, -0.15) is 5.10 Å². The Bertz CT molecular complexity index is 1130. The number of para-hydroxylation sites is 1. The lowest BCUT2D eigenvalue weighted by molar-refractivity contribution is 0.415. The third-order valence-electron chi connectivity index (χ3n) is 4.08. The number of ether oxygens (including phenoxy) is 1. The zero-order valence-electron chi connectivity index (χ0n) is 14.5. The Morgan fingerprint density at radius 2 is 1.92 bits per heavy atom. The van der Waals surface area contributed by atoms with Gasteiger partial charge >= 0.3 is 0 Å². The summed E-state index contributed by atoms with van der Waals surface area (Å²) in [4.78, 5) is 8.79. The van der Waals surface area contributed by atoms with E-state index in [9.17, 15) is 0 Å². The summed E-state index contributed by atoms with van der Waals surface area (Å²) in [6.07, 6.45) is 3.84. The first kappa shape index (κ1) is 16.4. The number of rotatable bonds is 4. The lowest BCUT2D eigenvalue weighted by atomic mass is 10.2. The molecule has 6 heteroatoms. The van der Waals surface area contributed by atoms with Crippen LogP contribution in [0.3, 0.4) is 0 Å². The van der Waals surface area contributed by atoms with Gasteiger partial charge in [-0.05, 0) is 37.3 Å². The Morgan fingerprint density at radius 1 is 1.12 bits per heavy atom. The van der Waals surface area contributed by atoms with Gasteiger partial charge in [0.1, 0.15) is 5.75 Å². The van der Waals surface area contributed by atoms with Gasteiger partial charge < -0.3 is 9.72 Å². The van der Waals surface area contributed by atoms with Crippen LogP contribution >= 0.6 is 11.3 Å². The standard InChI is InChI=1S/C20H18N4OS/c1-14-13-26-20(23-16-7-9-17(25-2)10-8-16)24(14)22-12-15-11-21-19-6-4-3-5-18(15)19/h3-13,21H,1-2H3. The number of hydrogen-bond acceptors (Lipinski definition) is 4. The number of methoxy groups -OCH3 is 1. The summed E-state index contributed by atoms with van der Waals surface area (Å²) in [5, 5.41) is 7.85. The highest BCUT2D eigenvalue weighted by Crippen LogP contribution is 2.18. The van der Waals surface area contributed by atoms with E-state index in [0.717, 1.165) is 38.4 Å². The van der Waals surface area contributed by atoms with Gasteiger partial charge in [0.25, 0.3) is 0 Å². The van der Waals surface area contributed by atoms with Crippen molar-refractivity contribution >= 4 is 34.1 Å². The molecule has 4 rings (SSSR count). The number of thiazole rings is 1. The van der Waals surface area contributed by atoms with E-state index in [4.69, 9.17) is 9.73 Å². The minimum atomic E-state index is 0.816. The summed E-state index contributed by atoms with van der Waals surface area (Å²) in [5.74, 6) is 0.816.